The average Bonchev–Trinajstić information content (AvgIpc) is 3.77. The van der Waals surface area contributed by atoms with Crippen molar-refractivity contribution >= 4 is 88.3 Å². The Morgan fingerprint density at radius 2 is 0.692 bits per heavy atom. The molecular formula is C34H34S4Ti+2. The SMILES string of the molecule is C1CCCC1.C1CCCC1.[S-]c1cccc2c1sc1ccccc12.[S-]c1cccc2c1sc1ccccc12.[Ti+4]. The molecule has 6 aromatic rings. The van der Waals surface area contributed by atoms with Crippen LogP contribution in [0.4, 0.5) is 0 Å². The van der Waals surface area contributed by atoms with Crippen molar-refractivity contribution in [3.63, 3.8) is 0 Å². The predicted molar refractivity (Wildman–Crippen MR) is 176 cm³/mol. The van der Waals surface area contributed by atoms with Crippen molar-refractivity contribution in [3.8, 4) is 0 Å². The minimum atomic E-state index is 0. The van der Waals surface area contributed by atoms with Gasteiger partial charge in [0, 0.05) is 29.6 Å². The number of hydrogen-bond acceptors (Lipinski definition) is 4. The van der Waals surface area contributed by atoms with Gasteiger partial charge in [0.1, 0.15) is 0 Å². The largest absolute Gasteiger partial charge is 4.00 e. The van der Waals surface area contributed by atoms with E-state index < -0.39 is 0 Å². The van der Waals surface area contributed by atoms with Gasteiger partial charge in [0.05, 0.1) is 0 Å². The summed E-state index contributed by atoms with van der Waals surface area (Å²) in [6.45, 7) is 0. The molecule has 2 aliphatic rings. The zero-order chi connectivity index (χ0) is 26.2. The quantitative estimate of drug-likeness (QED) is 0.123. The molecule has 0 aliphatic heterocycles. The Morgan fingerprint density at radius 1 is 0.385 bits per heavy atom. The van der Waals surface area contributed by atoms with Crippen LogP contribution in [0.3, 0.4) is 0 Å². The summed E-state index contributed by atoms with van der Waals surface area (Å²) >= 11 is 14.2. The van der Waals surface area contributed by atoms with Gasteiger partial charge in [-0.3, -0.25) is 0 Å². The van der Waals surface area contributed by atoms with Gasteiger partial charge in [-0.15, -0.1) is 22.7 Å². The third-order valence-corrected chi connectivity index (χ3v) is 10.6. The minimum Gasteiger partial charge on any atom is -0.778 e. The predicted octanol–water partition coefficient (Wildman–Crippen LogP) is 11.8. The minimum absolute atomic E-state index is 0. The molecule has 2 saturated carbocycles. The maximum absolute atomic E-state index is 5.31. The molecule has 2 aliphatic carbocycles. The van der Waals surface area contributed by atoms with Crippen molar-refractivity contribution in [3.05, 3.63) is 84.9 Å². The second-order valence-electron chi connectivity index (χ2n) is 10.00. The molecular weight excluding hydrogens is 585 g/mol. The third-order valence-electron chi connectivity index (χ3n) is 7.24. The van der Waals surface area contributed by atoms with Crippen molar-refractivity contribution in [2.75, 3.05) is 0 Å². The molecule has 2 fully saturated rings. The second-order valence-corrected chi connectivity index (χ2v) is 13.0. The van der Waals surface area contributed by atoms with Crippen LogP contribution >= 0.6 is 22.7 Å². The van der Waals surface area contributed by atoms with Crippen molar-refractivity contribution in [1.29, 1.82) is 0 Å². The fourth-order valence-corrected chi connectivity index (χ4v) is 8.06. The van der Waals surface area contributed by atoms with Crippen LogP contribution in [-0.2, 0) is 47.0 Å². The summed E-state index contributed by atoms with van der Waals surface area (Å²) in [6, 6.07) is 29.2. The van der Waals surface area contributed by atoms with E-state index in [2.05, 4.69) is 60.7 Å². The van der Waals surface area contributed by atoms with Crippen LogP contribution in [0.2, 0.25) is 0 Å². The van der Waals surface area contributed by atoms with Crippen LogP contribution in [0.15, 0.2) is 94.7 Å². The standard InChI is InChI=1S/2C12H8S2.2C5H10.Ti/c2*13-10-6-3-5-9-8-4-1-2-7-11(8)14-12(9)10;2*1-2-4-5-3-1;/h2*1-7,13H;2*1-5H2;/q;;;;+4/p-2. The van der Waals surface area contributed by atoms with Gasteiger partial charge >= 0.3 is 21.7 Å². The van der Waals surface area contributed by atoms with Crippen LogP contribution in [0.25, 0.3) is 40.3 Å². The Bertz CT molecular complexity index is 1470. The number of thiophene rings is 2. The van der Waals surface area contributed by atoms with E-state index in [1.54, 1.807) is 22.7 Å². The summed E-state index contributed by atoms with van der Waals surface area (Å²) < 4.78 is 5.12. The van der Waals surface area contributed by atoms with Crippen LogP contribution < -0.4 is 0 Å². The van der Waals surface area contributed by atoms with Gasteiger partial charge in [-0.25, -0.2) is 0 Å². The molecule has 8 rings (SSSR count). The van der Waals surface area contributed by atoms with Gasteiger partial charge < -0.3 is 25.3 Å². The second kappa shape index (κ2) is 15.5. The maximum Gasteiger partial charge on any atom is 4.00 e. The molecule has 4 aromatic carbocycles. The summed E-state index contributed by atoms with van der Waals surface area (Å²) in [4.78, 5) is 1.92. The molecule has 0 spiro atoms. The van der Waals surface area contributed by atoms with Gasteiger partial charge in [0.25, 0.3) is 0 Å². The van der Waals surface area contributed by atoms with E-state index in [0.717, 1.165) is 9.79 Å². The smallest absolute Gasteiger partial charge is 0.778 e. The van der Waals surface area contributed by atoms with Crippen LogP contribution in [0.5, 0.6) is 0 Å². The summed E-state index contributed by atoms with van der Waals surface area (Å²) in [5.41, 5.74) is 0. The van der Waals surface area contributed by atoms with Crippen LogP contribution in [0, 0.1) is 0 Å². The van der Waals surface area contributed by atoms with Crippen LogP contribution in [0.1, 0.15) is 64.2 Å². The normalized spacial score (nSPS) is 14.2. The van der Waals surface area contributed by atoms with Gasteiger partial charge in [0.2, 0.25) is 0 Å². The van der Waals surface area contributed by atoms with E-state index in [-0.39, 0.29) is 21.7 Å². The van der Waals surface area contributed by atoms with Gasteiger partial charge in [-0.05, 0) is 22.9 Å². The Kier molecular flexibility index (Phi) is 12.1. The Hall–Kier alpha value is -1.53. The van der Waals surface area contributed by atoms with E-state index in [4.69, 9.17) is 25.3 Å². The molecule has 0 bridgehead atoms. The Morgan fingerprint density at radius 3 is 1.05 bits per heavy atom. The zero-order valence-corrected chi connectivity index (χ0v) is 27.1. The van der Waals surface area contributed by atoms with Crippen molar-refractivity contribution < 1.29 is 21.7 Å². The molecule has 2 heterocycles. The van der Waals surface area contributed by atoms with Crippen molar-refractivity contribution in [2.24, 2.45) is 0 Å². The van der Waals surface area contributed by atoms with Crippen molar-refractivity contribution in [2.45, 2.75) is 74.0 Å². The molecule has 0 atom stereocenters. The first-order valence-corrected chi connectivity index (χ1v) is 16.3. The first-order valence-electron chi connectivity index (χ1n) is 13.9. The number of fused-ring (bicyclic) bond motifs is 6. The molecule has 2 aromatic heterocycles. The summed E-state index contributed by atoms with van der Waals surface area (Å²) in [7, 11) is 0. The average molecular weight is 619 g/mol. The van der Waals surface area contributed by atoms with Crippen LogP contribution in [-0.4, -0.2) is 0 Å². The maximum atomic E-state index is 5.31. The summed E-state index contributed by atoms with van der Waals surface area (Å²) in [5, 5.41) is 5.22. The molecule has 0 radical (unpaired) electrons. The van der Waals surface area contributed by atoms with E-state index in [0.29, 0.717) is 0 Å². The molecule has 0 amide bonds. The molecule has 39 heavy (non-hydrogen) atoms. The van der Waals surface area contributed by atoms with E-state index in [1.807, 2.05) is 24.3 Å². The van der Waals surface area contributed by atoms with Gasteiger partial charge in [-0.2, -0.15) is 9.79 Å². The molecule has 196 valence electrons. The first-order chi connectivity index (χ1) is 18.7. The van der Waals surface area contributed by atoms with Gasteiger partial charge in [-0.1, -0.05) is 137 Å². The van der Waals surface area contributed by atoms with E-state index in [1.165, 1.54) is 105 Å². The van der Waals surface area contributed by atoms with E-state index in [9.17, 15) is 0 Å². The first kappa shape index (κ1) is 30.4. The molecule has 0 saturated heterocycles. The summed E-state index contributed by atoms with van der Waals surface area (Å²) in [6.07, 6.45) is 15.0. The number of hydrogen-bond donors (Lipinski definition) is 0. The van der Waals surface area contributed by atoms with Gasteiger partial charge in [0.15, 0.2) is 0 Å². The fourth-order valence-electron chi connectivity index (χ4n) is 5.21. The number of rotatable bonds is 0. The monoisotopic (exact) mass is 618 g/mol. The Labute approximate surface area is 266 Å². The fraction of sp³-hybridized carbons (Fsp3) is 0.294. The zero-order valence-electron chi connectivity index (χ0n) is 22.3. The summed E-state index contributed by atoms with van der Waals surface area (Å²) in [5.74, 6) is 0. The topological polar surface area (TPSA) is 0 Å². The Balaban J connectivity index is 0.000000132. The third kappa shape index (κ3) is 7.82. The van der Waals surface area contributed by atoms with Crippen molar-refractivity contribution in [1.82, 2.24) is 0 Å². The van der Waals surface area contributed by atoms with E-state index >= 15 is 0 Å². The number of benzene rings is 4. The molecule has 0 N–H and O–H groups in total. The molecule has 0 unspecified atom stereocenters. The molecule has 0 nitrogen and oxygen atoms in total. The molecule has 5 heteroatoms.